The lowest BCUT2D eigenvalue weighted by Crippen LogP contribution is -2.26. The quantitative estimate of drug-likeness (QED) is 0.0437. The van der Waals surface area contributed by atoms with Gasteiger partial charge in [-0.15, -0.1) is 0 Å². The van der Waals surface area contributed by atoms with Gasteiger partial charge in [-0.05, 0) is 144 Å². The molecule has 0 atom stereocenters. The summed E-state index contributed by atoms with van der Waals surface area (Å²) >= 11 is 23.3. The number of benzene rings is 5. The van der Waals surface area contributed by atoms with E-state index >= 15 is 0 Å². The van der Waals surface area contributed by atoms with Crippen LogP contribution in [0.1, 0.15) is 128 Å². The third kappa shape index (κ3) is 16.7. The van der Waals surface area contributed by atoms with Gasteiger partial charge in [0.1, 0.15) is 23.0 Å². The zero-order valence-corrected chi connectivity index (χ0v) is 47.0. The summed E-state index contributed by atoms with van der Waals surface area (Å²) in [5, 5.41) is 5.38. The molecule has 0 spiro atoms. The van der Waals surface area contributed by atoms with E-state index in [-0.39, 0.29) is 10.3 Å². The first-order chi connectivity index (χ1) is 33.6. The van der Waals surface area contributed by atoms with Crippen molar-refractivity contribution < 1.29 is 18.9 Å². The zero-order valence-electron chi connectivity index (χ0n) is 43.7. The van der Waals surface area contributed by atoms with Crippen LogP contribution in [0.4, 0.5) is 0 Å². The Labute approximate surface area is 442 Å². The van der Waals surface area contributed by atoms with E-state index in [1.165, 1.54) is 101 Å². The SMILES string of the molecule is CCCCCCCCCCc1ccc2cc(OC(=S)N(C)C)c(-c3cc(OC(=S)N(C)C)c(-c4cc5cc(CCCCCCCCCC)ccc5cc4OC(=S)N(C)C)cc3OC(=S)N(C)C)cc2c1. The molecule has 0 unspecified atom stereocenters. The summed E-state index contributed by atoms with van der Waals surface area (Å²) in [7, 11) is 15.0. The molecule has 8 nitrogen and oxygen atoms in total. The van der Waals surface area contributed by atoms with Crippen molar-refractivity contribution >= 4 is 91.1 Å². The van der Waals surface area contributed by atoms with E-state index in [1.807, 2.05) is 68.5 Å². The summed E-state index contributed by atoms with van der Waals surface area (Å²) in [4.78, 5) is 7.11. The minimum absolute atomic E-state index is 0.277. The van der Waals surface area contributed by atoms with Crippen LogP contribution >= 0.6 is 48.9 Å². The van der Waals surface area contributed by atoms with E-state index < -0.39 is 0 Å². The van der Waals surface area contributed by atoms with Gasteiger partial charge in [0.2, 0.25) is 0 Å². The Morgan fingerprint density at radius 1 is 0.329 bits per heavy atom. The first-order valence-corrected chi connectivity index (χ1v) is 27.1. The predicted molar refractivity (Wildman–Crippen MR) is 313 cm³/mol. The van der Waals surface area contributed by atoms with Crippen molar-refractivity contribution in [2.45, 2.75) is 129 Å². The molecule has 0 aliphatic carbocycles. The van der Waals surface area contributed by atoms with Crippen LogP contribution in [0.25, 0.3) is 43.8 Å². The van der Waals surface area contributed by atoms with E-state index in [1.54, 1.807) is 19.6 Å². The number of rotatable bonds is 24. The lowest BCUT2D eigenvalue weighted by Gasteiger charge is -2.24. The van der Waals surface area contributed by atoms with E-state index in [0.717, 1.165) is 58.4 Å². The number of thiocarbonyl (C=S) groups is 4. The Hall–Kier alpha value is -4.62. The first kappa shape index (κ1) is 56.3. The van der Waals surface area contributed by atoms with Gasteiger partial charge in [0.05, 0.1) is 0 Å². The van der Waals surface area contributed by atoms with Crippen LogP contribution in [-0.2, 0) is 12.8 Å². The Morgan fingerprint density at radius 2 is 0.600 bits per heavy atom. The van der Waals surface area contributed by atoms with Crippen LogP contribution in [0.15, 0.2) is 72.8 Å². The summed E-state index contributed by atoms with van der Waals surface area (Å²) in [5.74, 6) is 2.09. The number of ether oxygens (including phenoxy) is 4. The number of nitrogens with zero attached hydrogens (tertiary/aromatic N) is 4. The second-order valence-electron chi connectivity index (χ2n) is 19.4. The second-order valence-corrected chi connectivity index (χ2v) is 20.8. The number of unbranched alkanes of at least 4 members (excludes halogenated alkanes) is 14. The normalized spacial score (nSPS) is 11.1. The highest BCUT2D eigenvalue weighted by Crippen LogP contribution is 2.48. The van der Waals surface area contributed by atoms with Crippen molar-refractivity contribution in [1.29, 1.82) is 0 Å². The summed E-state index contributed by atoms with van der Waals surface area (Å²) in [6, 6.07) is 25.7. The lowest BCUT2D eigenvalue weighted by molar-refractivity contribution is 0.440. The molecule has 0 heterocycles. The lowest BCUT2D eigenvalue weighted by atomic mass is 9.93. The van der Waals surface area contributed by atoms with Crippen molar-refractivity contribution in [2.75, 3.05) is 56.4 Å². The van der Waals surface area contributed by atoms with Crippen LogP contribution in [0.3, 0.4) is 0 Å². The molecule has 0 N–H and O–H groups in total. The fourth-order valence-corrected chi connectivity index (χ4v) is 8.73. The molecule has 0 radical (unpaired) electrons. The van der Waals surface area contributed by atoms with Crippen LogP contribution in [0, 0.1) is 0 Å². The number of fused-ring (bicyclic) bond motifs is 2. The Balaban J connectivity index is 1.69. The highest BCUT2D eigenvalue weighted by Gasteiger charge is 2.25. The van der Waals surface area contributed by atoms with Crippen molar-refractivity contribution in [3.05, 3.63) is 83.9 Å². The highest BCUT2D eigenvalue weighted by molar-refractivity contribution is 7.80. The average molecular weight is 1020 g/mol. The number of hydrogen-bond acceptors (Lipinski definition) is 8. The van der Waals surface area contributed by atoms with E-state index in [4.69, 9.17) is 67.8 Å². The van der Waals surface area contributed by atoms with Crippen molar-refractivity contribution in [2.24, 2.45) is 0 Å². The molecule has 0 fully saturated rings. The summed E-state index contributed by atoms with van der Waals surface area (Å²) < 4.78 is 26.6. The maximum atomic E-state index is 6.72. The van der Waals surface area contributed by atoms with Crippen molar-refractivity contribution in [1.82, 2.24) is 19.6 Å². The third-order valence-corrected chi connectivity index (χ3v) is 14.3. The monoisotopic (exact) mass is 1020 g/mol. The second kappa shape index (κ2) is 28.4. The maximum Gasteiger partial charge on any atom is 0.264 e. The number of hydrogen-bond donors (Lipinski definition) is 0. The maximum absolute atomic E-state index is 6.72. The highest BCUT2D eigenvalue weighted by atomic mass is 32.1. The van der Waals surface area contributed by atoms with Crippen LogP contribution < -0.4 is 18.9 Å². The van der Waals surface area contributed by atoms with Crippen molar-refractivity contribution in [3.8, 4) is 45.3 Å². The van der Waals surface area contributed by atoms with Crippen LogP contribution in [-0.4, -0.2) is 96.7 Å². The van der Waals surface area contributed by atoms with E-state index in [2.05, 4.69) is 74.5 Å². The molecule has 0 aromatic heterocycles. The minimum atomic E-state index is 0.277. The van der Waals surface area contributed by atoms with Gasteiger partial charge in [-0.1, -0.05) is 140 Å². The first-order valence-electron chi connectivity index (χ1n) is 25.5. The fraction of sp³-hybridized carbons (Fsp3) is 0.483. The van der Waals surface area contributed by atoms with Gasteiger partial charge in [-0.25, -0.2) is 0 Å². The molecule has 378 valence electrons. The van der Waals surface area contributed by atoms with Gasteiger partial charge in [0.15, 0.2) is 0 Å². The molecule has 0 aliphatic heterocycles. The zero-order chi connectivity index (χ0) is 50.7. The average Bonchev–Trinajstić information content (AvgIpc) is 3.32. The summed E-state index contributed by atoms with van der Waals surface area (Å²) in [6.45, 7) is 4.54. The Morgan fingerprint density at radius 3 is 0.900 bits per heavy atom. The molecule has 5 rings (SSSR count). The predicted octanol–water partition coefficient (Wildman–Crippen LogP) is 15.6. The minimum Gasteiger partial charge on any atom is -0.431 e. The third-order valence-electron chi connectivity index (χ3n) is 12.6. The largest absolute Gasteiger partial charge is 0.431 e. The molecule has 0 saturated carbocycles. The van der Waals surface area contributed by atoms with Crippen LogP contribution in [0.2, 0.25) is 0 Å². The molecular formula is C58H78N4O4S4. The molecule has 5 aromatic rings. The summed E-state index contributed by atoms with van der Waals surface area (Å²) in [6.07, 6.45) is 22.5. The van der Waals surface area contributed by atoms with Gasteiger partial charge < -0.3 is 38.5 Å². The number of aryl methyl sites for hydroxylation is 2. The standard InChI is InChI=1S/C58H78N4O4S4/c1-11-13-15-17-19-21-23-25-27-41-29-31-43-37-51(63-55(67)59(3)4)47(35-45(43)33-41)49-39-54(66-58(70)62(9)10)50(40-53(49)65-57(69)61(7)8)48-36-46-34-42(28-26-24-22-20-18-16-14-12-2)30-32-44(46)38-52(48)64-56(68)60(5)6/h29-40H,11-28H2,1-10H3. The molecule has 5 aromatic carbocycles. The van der Waals surface area contributed by atoms with Gasteiger partial charge >= 0.3 is 0 Å². The molecule has 0 bridgehead atoms. The van der Waals surface area contributed by atoms with Gasteiger partial charge in [-0.2, -0.15) is 0 Å². The molecule has 12 heteroatoms. The summed E-state index contributed by atoms with van der Waals surface area (Å²) in [5.41, 5.74) is 5.44. The molecule has 0 saturated heterocycles. The van der Waals surface area contributed by atoms with Gasteiger partial charge in [-0.3, -0.25) is 0 Å². The molecule has 0 aliphatic rings. The van der Waals surface area contributed by atoms with Gasteiger partial charge in [0, 0.05) is 78.6 Å². The topological polar surface area (TPSA) is 49.9 Å². The Kier molecular flexibility index (Phi) is 22.9. The van der Waals surface area contributed by atoms with Gasteiger partial charge in [0.25, 0.3) is 20.7 Å². The fourth-order valence-electron chi connectivity index (χ4n) is 8.37. The molecular weight excluding hydrogens is 945 g/mol. The van der Waals surface area contributed by atoms with Crippen molar-refractivity contribution in [3.63, 3.8) is 0 Å². The van der Waals surface area contributed by atoms with E-state index in [0.29, 0.717) is 44.5 Å². The Bertz CT molecular complexity index is 2380. The van der Waals surface area contributed by atoms with Crippen LogP contribution in [0.5, 0.6) is 23.0 Å². The smallest absolute Gasteiger partial charge is 0.264 e. The van der Waals surface area contributed by atoms with E-state index in [9.17, 15) is 0 Å². The molecule has 0 amide bonds. The molecule has 70 heavy (non-hydrogen) atoms.